The molecule has 0 heterocycles. The molecule has 1 unspecified atom stereocenters. The Morgan fingerprint density at radius 2 is 1.75 bits per heavy atom. The van der Waals surface area contributed by atoms with E-state index in [2.05, 4.69) is 20.7 Å². The molecule has 1 atom stereocenters. The van der Waals surface area contributed by atoms with Gasteiger partial charge >= 0.3 is 5.97 Å². The molecule has 0 saturated heterocycles. The maximum absolute atomic E-state index is 12.2. The van der Waals surface area contributed by atoms with Crippen LogP contribution in [0.1, 0.15) is 18.9 Å². The van der Waals surface area contributed by atoms with Crippen molar-refractivity contribution in [2.24, 2.45) is 0 Å². The number of hydrogen-bond donors (Lipinski definition) is 3. The quantitative estimate of drug-likeness (QED) is 0.554. The molecule has 0 spiro atoms. The van der Waals surface area contributed by atoms with E-state index < -0.39 is 23.8 Å². The first-order chi connectivity index (χ1) is 11.4. The zero-order chi connectivity index (χ0) is 17.9. The summed E-state index contributed by atoms with van der Waals surface area (Å²) < 4.78 is 4.53. The summed E-state index contributed by atoms with van der Waals surface area (Å²) in [7, 11) is 1.19. The maximum Gasteiger partial charge on any atom is 0.308 e. The number of hydrogen-bond acceptors (Lipinski definition) is 5. The zero-order valence-corrected chi connectivity index (χ0v) is 13.6. The third-order valence-corrected chi connectivity index (χ3v) is 3.06. The molecule has 0 aliphatic carbocycles. The van der Waals surface area contributed by atoms with Crippen molar-refractivity contribution in [3.63, 3.8) is 0 Å². The van der Waals surface area contributed by atoms with Gasteiger partial charge in [0.25, 0.3) is 0 Å². The van der Waals surface area contributed by atoms with E-state index in [-0.39, 0.29) is 25.4 Å². The molecule has 0 saturated carbocycles. The Balaban J connectivity index is 2.62. The molecule has 1 aromatic carbocycles. The van der Waals surface area contributed by atoms with Gasteiger partial charge in [0.2, 0.25) is 17.7 Å². The Hall–Kier alpha value is -2.90. The summed E-state index contributed by atoms with van der Waals surface area (Å²) in [6.45, 7) is 1.25. The lowest BCUT2D eigenvalue weighted by molar-refractivity contribution is -0.143. The topological polar surface area (TPSA) is 114 Å². The number of carbonyl (C=O) groups is 4. The van der Waals surface area contributed by atoms with Gasteiger partial charge in [-0.3, -0.25) is 19.2 Å². The van der Waals surface area contributed by atoms with Crippen LogP contribution in [0.3, 0.4) is 0 Å². The van der Waals surface area contributed by atoms with Crippen molar-refractivity contribution in [1.29, 1.82) is 0 Å². The van der Waals surface area contributed by atoms with Gasteiger partial charge in [0.15, 0.2) is 0 Å². The monoisotopic (exact) mass is 335 g/mol. The fourth-order valence-corrected chi connectivity index (χ4v) is 1.82. The molecule has 0 bridgehead atoms. The average molecular weight is 335 g/mol. The highest BCUT2D eigenvalue weighted by molar-refractivity contribution is 5.92. The molecule has 3 amide bonds. The van der Waals surface area contributed by atoms with Crippen molar-refractivity contribution in [3.8, 4) is 0 Å². The molecule has 24 heavy (non-hydrogen) atoms. The van der Waals surface area contributed by atoms with E-state index in [0.717, 1.165) is 5.56 Å². The van der Waals surface area contributed by atoms with Gasteiger partial charge < -0.3 is 20.7 Å². The minimum Gasteiger partial charge on any atom is -0.469 e. The average Bonchev–Trinajstić information content (AvgIpc) is 2.58. The second-order valence-corrected chi connectivity index (χ2v) is 5.01. The number of rotatable bonds is 8. The predicted molar refractivity (Wildman–Crippen MR) is 85.5 cm³/mol. The summed E-state index contributed by atoms with van der Waals surface area (Å²) in [5.74, 6) is -2.09. The highest BCUT2D eigenvalue weighted by Gasteiger charge is 2.24. The number of carbonyl (C=O) groups excluding carboxylic acids is 4. The van der Waals surface area contributed by atoms with Crippen LogP contribution in [0, 0.1) is 0 Å². The molecule has 0 aliphatic rings. The van der Waals surface area contributed by atoms with E-state index in [1.54, 1.807) is 0 Å². The Bertz CT molecular complexity index is 589. The van der Waals surface area contributed by atoms with Gasteiger partial charge in [-0.1, -0.05) is 30.3 Å². The van der Waals surface area contributed by atoms with Crippen molar-refractivity contribution in [1.82, 2.24) is 16.0 Å². The van der Waals surface area contributed by atoms with Crippen LogP contribution in [-0.4, -0.2) is 43.4 Å². The predicted octanol–water partition coefficient (Wildman–Crippen LogP) is -0.513. The lowest BCUT2D eigenvalue weighted by atomic mass is 10.1. The largest absolute Gasteiger partial charge is 0.469 e. The van der Waals surface area contributed by atoms with Gasteiger partial charge in [-0.05, 0) is 5.56 Å². The number of benzene rings is 1. The van der Waals surface area contributed by atoms with Crippen LogP contribution in [-0.2, 0) is 30.5 Å². The highest BCUT2D eigenvalue weighted by atomic mass is 16.5. The summed E-state index contributed by atoms with van der Waals surface area (Å²) >= 11 is 0. The van der Waals surface area contributed by atoms with Crippen LogP contribution in [0.5, 0.6) is 0 Å². The summed E-state index contributed by atoms with van der Waals surface area (Å²) in [6, 6.07) is 8.12. The van der Waals surface area contributed by atoms with Gasteiger partial charge in [0, 0.05) is 13.5 Å². The second kappa shape index (κ2) is 9.98. The van der Waals surface area contributed by atoms with E-state index in [9.17, 15) is 19.2 Å². The summed E-state index contributed by atoms with van der Waals surface area (Å²) in [5.41, 5.74) is 0.882. The molecule has 1 aromatic rings. The number of methoxy groups -OCH3 is 1. The second-order valence-electron chi connectivity index (χ2n) is 5.01. The minimum absolute atomic E-state index is 0.263. The van der Waals surface area contributed by atoms with Crippen LogP contribution in [0.4, 0.5) is 0 Å². The van der Waals surface area contributed by atoms with Gasteiger partial charge in [-0.2, -0.15) is 0 Å². The molecule has 3 N–H and O–H groups in total. The van der Waals surface area contributed by atoms with E-state index in [4.69, 9.17) is 0 Å². The fourth-order valence-electron chi connectivity index (χ4n) is 1.82. The number of esters is 1. The third-order valence-electron chi connectivity index (χ3n) is 3.06. The van der Waals surface area contributed by atoms with Gasteiger partial charge in [-0.25, -0.2) is 0 Å². The van der Waals surface area contributed by atoms with Crippen molar-refractivity contribution < 1.29 is 23.9 Å². The first kappa shape index (κ1) is 19.1. The van der Waals surface area contributed by atoms with E-state index in [0.29, 0.717) is 0 Å². The number of amides is 3. The molecule has 8 heteroatoms. The van der Waals surface area contributed by atoms with Crippen LogP contribution < -0.4 is 16.0 Å². The molecule has 0 fully saturated rings. The van der Waals surface area contributed by atoms with E-state index in [1.807, 2.05) is 30.3 Å². The molecule has 130 valence electrons. The Kier molecular flexibility index (Phi) is 7.97. The Morgan fingerprint density at radius 1 is 1.08 bits per heavy atom. The Morgan fingerprint density at radius 3 is 2.33 bits per heavy atom. The van der Waals surface area contributed by atoms with Crippen molar-refractivity contribution >= 4 is 23.7 Å². The molecule has 8 nitrogen and oxygen atoms in total. The molecule has 0 radical (unpaired) electrons. The lowest BCUT2D eigenvalue weighted by Crippen LogP contribution is -2.50. The summed E-state index contributed by atoms with van der Waals surface area (Å²) in [6.07, 6.45) is -0.303. The van der Waals surface area contributed by atoms with Gasteiger partial charge in [0.1, 0.15) is 6.04 Å². The van der Waals surface area contributed by atoms with Crippen LogP contribution in [0.25, 0.3) is 0 Å². The van der Waals surface area contributed by atoms with Crippen molar-refractivity contribution in [2.45, 2.75) is 25.9 Å². The third kappa shape index (κ3) is 7.39. The van der Waals surface area contributed by atoms with E-state index in [1.165, 1.54) is 14.0 Å². The van der Waals surface area contributed by atoms with Crippen LogP contribution in [0.2, 0.25) is 0 Å². The summed E-state index contributed by atoms with van der Waals surface area (Å²) in [5, 5.41) is 7.37. The normalized spacial score (nSPS) is 11.1. The molecular weight excluding hydrogens is 314 g/mol. The van der Waals surface area contributed by atoms with Gasteiger partial charge in [0.05, 0.1) is 20.1 Å². The molecule has 0 aromatic heterocycles. The molecule has 1 rings (SSSR count). The first-order valence-electron chi connectivity index (χ1n) is 7.34. The molecular formula is C16H21N3O5. The minimum atomic E-state index is -1.08. The zero-order valence-electron chi connectivity index (χ0n) is 13.6. The standard InChI is InChI=1S/C16H21N3O5/c1-11(20)17-10-14(21)19-13(8-15(22)24-2)16(23)18-9-12-6-4-3-5-7-12/h3-7,13H,8-10H2,1-2H3,(H,17,20)(H,18,23)(H,19,21). The Labute approximate surface area is 139 Å². The first-order valence-corrected chi connectivity index (χ1v) is 7.34. The van der Waals surface area contributed by atoms with Crippen molar-refractivity contribution in [2.75, 3.05) is 13.7 Å². The SMILES string of the molecule is COC(=O)CC(NC(=O)CNC(C)=O)C(=O)NCc1ccccc1. The smallest absolute Gasteiger partial charge is 0.308 e. The summed E-state index contributed by atoms with van der Waals surface area (Å²) in [4.78, 5) is 46.2. The van der Waals surface area contributed by atoms with Crippen LogP contribution >= 0.6 is 0 Å². The number of ether oxygens (including phenoxy) is 1. The molecule has 0 aliphatic heterocycles. The number of nitrogens with one attached hydrogen (secondary N) is 3. The van der Waals surface area contributed by atoms with Crippen molar-refractivity contribution in [3.05, 3.63) is 35.9 Å². The lowest BCUT2D eigenvalue weighted by Gasteiger charge is -2.17. The maximum atomic E-state index is 12.2. The fraction of sp³-hybridized carbons (Fsp3) is 0.375. The highest BCUT2D eigenvalue weighted by Crippen LogP contribution is 2.00. The van der Waals surface area contributed by atoms with E-state index >= 15 is 0 Å². The van der Waals surface area contributed by atoms with Crippen LogP contribution in [0.15, 0.2) is 30.3 Å². The van der Waals surface area contributed by atoms with Gasteiger partial charge in [-0.15, -0.1) is 0 Å².